The molecule has 0 aliphatic heterocycles. The van der Waals surface area contributed by atoms with Crippen LogP contribution in [-0.4, -0.2) is 18.0 Å². The molecule has 0 amide bonds. The van der Waals surface area contributed by atoms with Gasteiger partial charge >= 0.3 is 0 Å². The van der Waals surface area contributed by atoms with E-state index < -0.39 is 0 Å². The van der Waals surface area contributed by atoms with E-state index in [2.05, 4.69) is 39.7 Å². The first-order valence-electron chi connectivity index (χ1n) is 4.87. The van der Waals surface area contributed by atoms with Gasteiger partial charge in [0.05, 0.1) is 6.54 Å². The number of terminal acetylenes is 1. The summed E-state index contributed by atoms with van der Waals surface area (Å²) in [5.41, 5.74) is 7.76. The van der Waals surface area contributed by atoms with Gasteiger partial charge in [-0.1, -0.05) is 18.9 Å². The van der Waals surface area contributed by atoms with Crippen LogP contribution in [0.25, 0.3) is 0 Å². The molecule has 80 valence electrons. The molecule has 0 aromatic heterocycles. The summed E-state index contributed by atoms with van der Waals surface area (Å²) in [5, 5.41) is 0. The molecule has 0 aliphatic carbocycles. The fraction of sp³-hybridized carbons (Fsp3) is 0.333. The van der Waals surface area contributed by atoms with E-state index in [0.29, 0.717) is 6.54 Å². The van der Waals surface area contributed by atoms with Gasteiger partial charge < -0.3 is 5.73 Å². The zero-order valence-corrected chi connectivity index (χ0v) is 10.4. The number of nitrogens with two attached hydrogens (primary N) is 1. The van der Waals surface area contributed by atoms with Crippen molar-refractivity contribution >= 4 is 21.6 Å². The highest BCUT2D eigenvalue weighted by atomic mass is 79.9. The number of halogens is 1. The Hall–Kier alpha value is -0.980. The minimum absolute atomic E-state index is 0.673. The molecule has 0 unspecified atom stereocenters. The van der Waals surface area contributed by atoms with Gasteiger partial charge in [0.2, 0.25) is 0 Å². The van der Waals surface area contributed by atoms with Gasteiger partial charge in [0.25, 0.3) is 0 Å². The maximum Gasteiger partial charge on any atom is 0.0601 e. The summed E-state index contributed by atoms with van der Waals surface area (Å²) in [6, 6.07) is 6.00. The summed E-state index contributed by atoms with van der Waals surface area (Å²) in [6.07, 6.45) is 5.29. The zero-order valence-electron chi connectivity index (χ0n) is 8.83. The Labute approximate surface area is 99.6 Å². The predicted octanol–water partition coefficient (Wildman–Crippen LogP) is 2.49. The minimum atomic E-state index is 0.673. The molecule has 1 rings (SSSR count). The number of benzene rings is 1. The van der Waals surface area contributed by atoms with Crippen molar-refractivity contribution in [3.05, 3.63) is 28.2 Å². The number of rotatable bonds is 4. The lowest BCUT2D eigenvalue weighted by atomic mass is 10.2. The second-order valence-corrected chi connectivity index (χ2v) is 4.22. The van der Waals surface area contributed by atoms with Gasteiger partial charge in [-0.2, -0.15) is 0 Å². The Balaban J connectivity index is 2.71. The highest BCUT2D eigenvalue weighted by Gasteiger charge is 2.03. The van der Waals surface area contributed by atoms with Crippen molar-refractivity contribution in [3.63, 3.8) is 0 Å². The second-order valence-electron chi connectivity index (χ2n) is 3.36. The van der Waals surface area contributed by atoms with Crippen molar-refractivity contribution in [2.24, 2.45) is 0 Å². The van der Waals surface area contributed by atoms with Crippen LogP contribution in [0.1, 0.15) is 12.5 Å². The van der Waals surface area contributed by atoms with Crippen molar-refractivity contribution in [1.82, 2.24) is 4.90 Å². The SMILES string of the molecule is C#CCN(CC)Cc1ccc(Br)c(N)c1. The van der Waals surface area contributed by atoms with Crippen LogP contribution in [0.5, 0.6) is 0 Å². The summed E-state index contributed by atoms with van der Waals surface area (Å²) in [7, 11) is 0. The molecule has 1 aromatic rings. The lowest BCUT2D eigenvalue weighted by molar-refractivity contribution is 0.316. The molecule has 0 saturated heterocycles. The van der Waals surface area contributed by atoms with E-state index in [1.807, 2.05) is 12.1 Å². The maximum atomic E-state index is 5.81. The lowest BCUT2D eigenvalue weighted by Gasteiger charge is -2.17. The van der Waals surface area contributed by atoms with Crippen molar-refractivity contribution in [2.45, 2.75) is 13.5 Å². The van der Waals surface area contributed by atoms with Gasteiger partial charge in [0.15, 0.2) is 0 Å². The highest BCUT2D eigenvalue weighted by molar-refractivity contribution is 9.10. The van der Waals surface area contributed by atoms with Crippen LogP contribution in [0.2, 0.25) is 0 Å². The van der Waals surface area contributed by atoms with E-state index in [4.69, 9.17) is 12.2 Å². The van der Waals surface area contributed by atoms with E-state index in [1.54, 1.807) is 0 Å². The molecule has 0 atom stereocenters. The Morgan fingerprint density at radius 1 is 1.53 bits per heavy atom. The first-order valence-corrected chi connectivity index (χ1v) is 5.66. The first kappa shape index (κ1) is 12.1. The molecule has 3 heteroatoms. The topological polar surface area (TPSA) is 29.3 Å². The second kappa shape index (κ2) is 5.79. The van der Waals surface area contributed by atoms with Crippen molar-refractivity contribution < 1.29 is 0 Å². The molecule has 0 spiro atoms. The molecule has 15 heavy (non-hydrogen) atoms. The molecule has 0 saturated carbocycles. The van der Waals surface area contributed by atoms with Crippen LogP contribution in [0, 0.1) is 12.3 Å². The van der Waals surface area contributed by atoms with Crippen molar-refractivity contribution in [3.8, 4) is 12.3 Å². The smallest absolute Gasteiger partial charge is 0.0601 e. The van der Waals surface area contributed by atoms with E-state index in [1.165, 1.54) is 5.56 Å². The van der Waals surface area contributed by atoms with Gasteiger partial charge in [0.1, 0.15) is 0 Å². The summed E-state index contributed by atoms with van der Waals surface area (Å²) in [6.45, 7) is 4.56. The number of hydrogen-bond acceptors (Lipinski definition) is 2. The molecular weight excluding hydrogens is 252 g/mol. The average Bonchev–Trinajstić information content (AvgIpc) is 2.23. The molecule has 2 N–H and O–H groups in total. The molecule has 0 fully saturated rings. The van der Waals surface area contributed by atoms with Crippen LogP contribution in [0.4, 0.5) is 5.69 Å². The van der Waals surface area contributed by atoms with Crippen LogP contribution in [-0.2, 0) is 6.54 Å². The third-order valence-electron chi connectivity index (χ3n) is 2.23. The quantitative estimate of drug-likeness (QED) is 0.670. The molecular formula is C12H15BrN2. The van der Waals surface area contributed by atoms with Crippen LogP contribution >= 0.6 is 15.9 Å². The molecule has 2 nitrogen and oxygen atoms in total. The normalized spacial score (nSPS) is 10.3. The number of nitrogens with zero attached hydrogens (tertiary/aromatic N) is 1. The lowest BCUT2D eigenvalue weighted by Crippen LogP contribution is -2.23. The van der Waals surface area contributed by atoms with E-state index in [0.717, 1.165) is 23.2 Å². The third-order valence-corrected chi connectivity index (χ3v) is 2.95. The third kappa shape index (κ3) is 3.58. The Kier molecular flexibility index (Phi) is 4.67. The average molecular weight is 267 g/mol. The summed E-state index contributed by atoms with van der Waals surface area (Å²) < 4.78 is 0.936. The van der Waals surface area contributed by atoms with Gasteiger partial charge in [0, 0.05) is 16.7 Å². The minimum Gasteiger partial charge on any atom is -0.398 e. The Morgan fingerprint density at radius 2 is 2.27 bits per heavy atom. The van der Waals surface area contributed by atoms with Crippen LogP contribution < -0.4 is 5.73 Å². The first-order chi connectivity index (χ1) is 7.17. The maximum absolute atomic E-state index is 5.81. The Bertz CT molecular complexity index is 368. The monoisotopic (exact) mass is 266 g/mol. The van der Waals surface area contributed by atoms with Gasteiger partial charge in [-0.25, -0.2) is 0 Å². The van der Waals surface area contributed by atoms with E-state index in [-0.39, 0.29) is 0 Å². The van der Waals surface area contributed by atoms with E-state index in [9.17, 15) is 0 Å². The fourth-order valence-corrected chi connectivity index (χ4v) is 1.60. The van der Waals surface area contributed by atoms with Crippen LogP contribution in [0.3, 0.4) is 0 Å². The fourth-order valence-electron chi connectivity index (χ4n) is 1.36. The summed E-state index contributed by atoms with van der Waals surface area (Å²) >= 11 is 3.37. The van der Waals surface area contributed by atoms with Gasteiger partial charge in [-0.15, -0.1) is 6.42 Å². The van der Waals surface area contributed by atoms with Crippen molar-refractivity contribution in [1.29, 1.82) is 0 Å². The molecule has 0 bridgehead atoms. The van der Waals surface area contributed by atoms with Crippen molar-refractivity contribution in [2.75, 3.05) is 18.8 Å². The Morgan fingerprint density at radius 3 is 2.80 bits per heavy atom. The zero-order chi connectivity index (χ0) is 11.3. The van der Waals surface area contributed by atoms with Crippen LogP contribution in [0.15, 0.2) is 22.7 Å². The molecule has 1 aromatic carbocycles. The number of nitrogen functional groups attached to an aromatic ring is 1. The molecule has 0 aliphatic rings. The van der Waals surface area contributed by atoms with E-state index >= 15 is 0 Å². The molecule has 0 heterocycles. The standard InChI is InChI=1S/C12H15BrN2/c1-3-7-15(4-2)9-10-5-6-11(13)12(14)8-10/h1,5-6,8H,4,7,9,14H2,2H3. The largest absolute Gasteiger partial charge is 0.398 e. The summed E-state index contributed by atoms with van der Waals surface area (Å²) in [5.74, 6) is 2.65. The number of hydrogen-bond donors (Lipinski definition) is 1. The van der Waals surface area contributed by atoms with Gasteiger partial charge in [-0.3, -0.25) is 4.90 Å². The highest BCUT2D eigenvalue weighted by Crippen LogP contribution is 2.20. The molecule has 0 radical (unpaired) electrons. The van der Waals surface area contributed by atoms with Gasteiger partial charge in [-0.05, 0) is 40.2 Å². The predicted molar refractivity (Wildman–Crippen MR) is 68.3 cm³/mol. The number of anilines is 1. The summed E-state index contributed by atoms with van der Waals surface area (Å²) in [4.78, 5) is 2.18.